The highest BCUT2D eigenvalue weighted by molar-refractivity contribution is 7.61. The van der Waals surface area contributed by atoms with Crippen LogP contribution in [0, 0.1) is 13.8 Å². The molecule has 1 atom stereocenters. The quantitative estimate of drug-likeness (QED) is 0.449. The Balaban J connectivity index is 1.75. The molecule has 1 aromatic rings. The van der Waals surface area contributed by atoms with Crippen LogP contribution in [0.1, 0.15) is 94.2 Å². The van der Waals surface area contributed by atoms with Crippen LogP contribution in [0.5, 0.6) is 0 Å². The van der Waals surface area contributed by atoms with Crippen molar-refractivity contribution in [1.82, 2.24) is 0 Å². The van der Waals surface area contributed by atoms with Gasteiger partial charge in [0.15, 0.2) is 0 Å². The fraction of sp³-hybridized carbons (Fsp3) is 0.630. The van der Waals surface area contributed by atoms with Crippen LogP contribution in [-0.4, -0.2) is 16.5 Å². The Morgan fingerprint density at radius 2 is 1.46 bits per heavy atom. The Kier molecular flexibility index (Phi) is 6.46. The van der Waals surface area contributed by atoms with Gasteiger partial charge in [0.2, 0.25) is 0 Å². The van der Waals surface area contributed by atoms with Crippen molar-refractivity contribution >= 4 is 13.5 Å². The van der Waals surface area contributed by atoms with Crippen molar-refractivity contribution in [3.05, 3.63) is 53.1 Å². The molecule has 0 aromatic heterocycles. The van der Waals surface area contributed by atoms with Crippen molar-refractivity contribution in [3.63, 3.8) is 0 Å². The maximum absolute atomic E-state index is 2.66. The smallest absolute Gasteiger partial charge is 0.0172 e. The Labute approximate surface area is 174 Å². The van der Waals surface area contributed by atoms with Crippen molar-refractivity contribution < 1.29 is 0 Å². The average molecular weight is 395 g/mol. The Morgan fingerprint density at radius 1 is 0.857 bits per heavy atom. The highest BCUT2D eigenvalue weighted by Gasteiger charge is 2.46. The molecule has 0 unspecified atom stereocenters. The predicted molar refractivity (Wildman–Crippen MR) is 127 cm³/mol. The number of benzene rings is 1. The van der Waals surface area contributed by atoms with Gasteiger partial charge in [-0.25, -0.2) is 0 Å². The second-order valence-corrected chi connectivity index (χ2v) is 13.1. The van der Waals surface area contributed by atoms with E-state index in [0.717, 1.165) is 11.3 Å². The minimum Gasteiger partial charge on any atom is -0.0894 e. The molecule has 3 aliphatic rings. The largest absolute Gasteiger partial charge is 0.0894 e. The first-order valence-electron chi connectivity index (χ1n) is 11.8. The highest BCUT2D eigenvalue weighted by Crippen LogP contribution is 2.68. The van der Waals surface area contributed by atoms with Gasteiger partial charge in [0.1, 0.15) is 0 Å². The van der Waals surface area contributed by atoms with E-state index >= 15 is 0 Å². The van der Waals surface area contributed by atoms with Gasteiger partial charge in [-0.1, -0.05) is 95.4 Å². The average Bonchev–Trinajstić information content (AvgIpc) is 2.71. The summed E-state index contributed by atoms with van der Waals surface area (Å²) in [4.78, 5) is 0. The normalized spacial score (nSPS) is 27.2. The van der Waals surface area contributed by atoms with Gasteiger partial charge < -0.3 is 0 Å². The lowest BCUT2D eigenvalue weighted by Gasteiger charge is -2.51. The van der Waals surface area contributed by atoms with Crippen LogP contribution in [0.15, 0.2) is 36.4 Å². The number of aryl methyl sites for hydroxylation is 2. The molecule has 2 saturated carbocycles. The number of hydrogen-bond donors (Lipinski definition) is 0. The third-order valence-corrected chi connectivity index (χ3v) is 11.8. The predicted octanol–water partition coefficient (Wildman–Crippen LogP) is 8.55. The SMILES string of the molecule is Cc1ccc(C2=CC=CC[C@@]2(C)P(C2CCCCC2)C2CCCCC2)c(C)c1. The van der Waals surface area contributed by atoms with Crippen molar-refractivity contribution in [3.8, 4) is 0 Å². The maximum atomic E-state index is 2.66. The van der Waals surface area contributed by atoms with E-state index in [-0.39, 0.29) is 7.92 Å². The summed E-state index contributed by atoms with van der Waals surface area (Å²) in [5.41, 5.74) is 8.04. The van der Waals surface area contributed by atoms with Crippen molar-refractivity contribution in [2.24, 2.45) is 0 Å². The Morgan fingerprint density at radius 3 is 2.04 bits per heavy atom. The summed E-state index contributed by atoms with van der Waals surface area (Å²) in [6.45, 7) is 7.21. The first-order valence-corrected chi connectivity index (χ1v) is 13.3. The lowest BCUT2D eigenvalue weighted by molar-refractivity contribution is 0.477. The summed E-state index contributed by atoms with van der Waals surface area (Å²) in [6, 6.07) is 7.13. The van der Waals surface area contributed by atoms with Gasteiger partial charge in [-0.15, -0.1) is 0 Å². The summed E-state index contributed by atoms with van der Waals surface area (Å²) in [6.07, 6.45) is 23.4. The first kappa shape index (κ1) is 20.4. The molecular formula is C27H39P. The van der Waals surface area contributed by atoms with E-state index in [0.29, 0.717) is 5.16 Å². The van der Waals surface area contributed by atoms with E-state index in [9.17, 15) is 0 Å². The van der Waals surface area contributed by atoms with Gasteiger partial charge >= 0.3 is 0 Å². The molecule has 4 rings (SSSR count). The van der Waals surface area contributed by atoms with Crippen molar-refractivity contribution in [2.75, 3.05) is 0 Å². The minimum atomic E-state index is 0.000280. The zero-order chi connectivity index (χ0) is 19.6. The molecule has 28 heavy (non-hydrogen) atoms. The topological polar surface area (TPSA) is 0 Å². The molecule has 0 amide bonds. The van der Waals surface area contributed by atoms with Crippen molar-refractivity contribution in [1.29, 1.82) is 0 Å². The van der Waals surface area contributed by atoms with E-state index in [2.05, 4.69) is 57.2 Å². The number of hydrogen-bond acceptors (Lipinski definition) is 0. The zero-order valence-corrected chi connectivity index (χ0v) is 19.2. The van der Waals surface area contributed by atoms with Crippen LogP contribution in [0.25, 0.3) is 5.57 Å². The minimum absolute atomic E-state index is 0.000280. The van der Waals surface area contributed by atoms with E-state index in [4.69, 9.17) is 0 Å². The lowest BCUT2D eigenvalue weighted by Crippen LogP contribution is -2.36. The summed E-state index contributed by atoms with van der Waals surface area (Å²) < 4.78 is 0. The molecule has 0 aliphatic heterocycles. The van der Waals surface area contributed by atoms with E-state index in [1.54, 1.807) is 5.57 Å². The molecule has 0 nitrogen and oxygen atoms in total. The standard InChI is InChI=1S/C27H39P/c1-21-17-18-25(22(2)20-21)26-16-10-11-19-27(26,3)28(23-12-6-4-7-13-23)24-14-8-5-9-15-24/h10-11,16-18,20,23-24H,4-9,12-15,19H2,1-3H3/t27-/m1/s1. The lowest BCUT2D eigenvalue weighted by atomic mass is 9.84. The molecule has 0 saturated heterocycles. The van der Waals surface area contributed by atoms with Crippen LogP contribution < -0.4 is 0 Å². The molecule has 1 heteroatoms. The van der Waals surface area contributed by atoms with Crippen LogP contribution in [0.4, 0.5) is 0 Å². The van der Waals surface area contributed by atoms with Crippen LogP contribution in [0.2, 0.25) is 0 Å². The molecule has 0 bridgehead atoms. The van der Waals surface area contributed by atoms with Crippen LogP contribution >= 0.6 is 7.92 Å². The fourth-order valence-corrected chi connectivity index (χ4v) is 11.2. The molecule has 1 aromatic carbocycles. The van der Waals surface area contributed by atoms with E-state index in [1.807, 2.05) is 0 Å². The Bertz CT molecular complexity index is 713. The molecule has 0 radical (unpaired) electrons. The van der Waals surface area contributed by atoms with Gasteiger partial charge in [-0.2, -0.15) is 0 Å². The summed E-state index contributed by atoms with van der Waals surface area (Å²) in [5, 5.41) is 0.355. The van der Waals surface area contributed by atoms with E-state index < -0.39 is 0 Å². The number of allylic oxidation sites excluding steroid dienone is 4. The number of rotatable bonds is 4. The highest BCUT2D eigenvalue weighted by atomic mass is 31.1. The molecule has 152 valence electrons. The van der Waals surface area contributed by atoms with E-state index in [1.165, 1.54) is 87.3 Å². The van der Waals surface area contributed by atoms with Crippen LogP contribution in [-0.2, 0) is 0 Å². The molecule has 0 N–H and O–H groups in total. The second-order valence-electron chi connectivity index (χ2n) is 9.80. The molecule has 3 aliphatic carbocycles. The van der Waals surface area contributed by atoms with Gasteiger partial charge in [0.05, 0.1) is 0 Å². The third-order valence-electron chi connectivity index (χ3n) is 7.67. The molecule has 0 spiro atoms. The monoisotopic (exact) mass is 394 g/mol. The van der Waals surface area contributed by atoms with Gasteiger partial charge in [-0.3, -0.25) is 0 Å². The molecule has 2 fully saturated rings. The molecule has 0 heterocycles. The second kappa shape index (κ2) is 8.87. The van der Waals surface area contributed by atoms with Gasteiger partial charge in [-0.05, 0) is 74.0 Å². The summed E-state index contributed by atoms with van der Waals surface area (Å²) in [7, 11) is 0.000280. The van der Waals surface area contributed by atoms with Gasteiger partial charge in [0.25, 0.3) is 0 Å². The molecular weight excluding hydrogens is 355 g/mol. The third kappa shape index (κ3) is 4.05. The van der Waals surface area contributed by atoms with Gasteiger partial charge in [0, 0.05) is 5.16 Å². The first-order chi connectivity index (χ1) is 13.6. The maximum Gasteiger partial charge on any atom is 0.0172 e. The summed E-state index contributed by atoms with van der Waals surface area (Å²) in [5.74, 6) is 0. The van der Waals surface area contributed by atoms with Crippen LogP contribution in [0.3, 0.4) is 0 Å². The summed E-state index contributed by atoms with van der Waals surface area (Å²) >= 11 is 0. The Hall–Kier alpha value is -0.870. The fourth-order valence-electron chi connectivity index (χ4n) is 6.31. The van der Waals surface area contributed by atoms with Crippen molar-refractivity contribution in [2.45, 2.75) is 108 Å². The zero-order valence-electron chi connectivity index (χ0n) is 18.3.